The molecule has 0 spiro atoms. The minimum absolute atomic E-state index is 0.213. The van der Waals surface area contributed by atoms with Crippen molar-refractivity contribution < 1.29 is 9.13 Å². The van der Waals surface area contributed by atoms with E-state index < -0.39 is 0 Å². The van der Waals surface area contributed by atoms with Gasteiger partial charge in [0.25, 0.3) is 0 Å². The van der Waals surface area contributed by atoms with E-state index in [1.807, 2.05) is 6.07 Å². The van der Waals surface area contributed by atoms with Crippen LogP contribution in [0.3, 0.4) is 0 Å². The highest BCUT2D eigenvalue weighted by Crippen LogP contribution is 2.15. The Kier molecular flexibility index (Phi) is 3.69. The van der Waals surface area contributed by atoms with E-state index >= 15 is 0 Å². The number of methoxy groups -OCH3 is 1. The van der Waals surface area contributed by atoms with Crippen molar-refractivity contribution >= 4 is 15.9 Å². The number of hydrogen-bond donors (Lipinski definition) is 0. The van der Waals surface area contributed by atoms with E-state index in [4.69, 9.17) is 4.74 Å². The number of rotatable bonds is 3. The lowest BCUT2D eigenvalue weighted by Gasteiger charge is -2.01. The van der Waals surface area contributed by atoms with Gasteiger partial charge >= 0.3 is 0 Å². The molecule has 3 heteroatoms. The molecule has 1 aromatic carbocycles. The molecule has 0 amide bonds. The minimum atomic E-state index is -0.213. The topological polar surface area (TPSA) is 9.23 Å². The van der Waals surface area contributed by atoms with Crippen LogP contribution in [0.25, 0.3) is 0 Å². The lowest BCUT2D eigenvalue weighted by Crippen LogP contribution is -1.94. The van der Waals surface area contributed by atoms with Crippen LogP contribution >= 0.6 is 15.9 Å². The Hall–Kier alpha value is -0.410. The van der Waals surface area contributed by atoms with E-state index in [9.17, 15) is 4.39 Å². The molecule has 0 bridgehead atoms. The van der Waals surface area contributed by atoms with Crippen molar-refractivity contribution in [3.63, 3.8) is 0 Å². The molecule has 0 atom stereocenters. The number of ether oxygens (including phenoxy) is 1. The van der Waals surface area contributed by atoms with Gasteiger partial charge in [0.1, 0.15) is 5.82 Å². The highest BCUT2D eigenvalue weighted by Gasteiger charge is 1.98. The third-order valence-electron chi connectivity index (χ3n) is 1.52. The summed E-state index contributed by atoms with van der Waals surface area (Å²) in [6.45, 7) is 0.621. The Balaban J connectivity index is 2.72. The summed E-state index contributed by atoms with van der Waals surface area (Å²) < 4.78 is 18.4. The molecular weight excluding hydrogens is 223 g/mol. The van der Waals surface area contributed by atoms with Crippen molar-refractivity contribution in [3.05, 3.63) is 34.1 Å². The molecule has 0 heterocycles. The van der Waals surface area contributed by atoms with Crippen LogP contribution in [0, 0.1) is 5.82 Å². The second kappa shape index (κ2) is 4.58. The van der Waals surface area contributed by atoms with E-state index in [-0.39, 0.29) is 5.82 Å². The first kappa shape index (κ1) is 9.68. The molecule has 0 aliphatic rings. The fraction of sp³-hybridized carbons (Fsp3) is 0.333. The van der Waals surface area contributed by atoms with Gasteiger partial charge in [0, 0.05) is 11.6 Å². The minimum Gasteiger partial charge on any atom is -0.384 e. The zero-order valence-corrected chi connectivity index (χ0v) is 8.40. The summed E-state index contributed by atoms with van der Waals surface area (Å²) in [5.74, 6) is -0.213. The molecule has 66 valence electrons. The van der Waals surface area contributed by atoms with Crippen molar-refractivity contribution in [2.45, 2.75) is 6.42 Å². The second-order valence-electron chi connectivity index (χ2n) is 2.52. The van der Waals surface area contributed by atoms with Crippen molar-refractivity contribution in [1.29, 1.82) is 0 Å². The molecule has 0 unspecified atom stereocenters. The third-order valence-corrected chi connectivity index (χ3v) is 1.98. The molecule has 1 rings (SSSR count). The number of hydrogen-bond acceptors (Lipinski definition) is 1. The molecular formula is C9H10BrFO. The van der Waals surface area contributed by atoms with Gasteiger partial charge in [-0.15, -0.1) is 0 Å². The van der Waals surface area contributed by atoms with Crippen molar-refractivity contribution in [2.24, 2.45) is 0 Å². The fourth-order valence-electron chi connectivity index (χ4n) is 0.975. The molecule has 1 aromatic rings. The summed E-state index contributed by atoms with van der Waals surface area (Å²) in [6.07, 6.45) is 0.743. The Morgan fingerprint density at radius 3 is 2.75 bits per heavy atom. The lowest BCUT2D eigenvalue weighted by atomic mass is 10.2. The third kappa shape index (κ3) is 2.91. The largest absolute Gasteiger partial charge is 0.384 e. The molecule has 0 aromatic heterocycles. The van der Waals surface area contributed by atoms with Crippen molar-refractivity contribution in [3.8, 4) is 0 Å². The average molecular weight is 233 g/mol. The summed E-state index contributed by atoms with van der Waals surface area (Å²) in [7, 11) is 1.63. The van der Waals surface area contributed by atoms with Crippen LogP contribution in [-0.2, 0) is 11.2 Å². The Bertz CT molecular complexity index is 242. The van der Waals surface area contributed by atoms with Gasteiger partial charge in [-0.05, 0) is 30.2 Å². The van der Waals surface area contributed by atoms with Gasteiger partial charge < -0.3 is 4.74 Å². The Morgan fingerprint density at radius 2 is 2.17 bits per heavy atom. The van der Waals surface area contributed by atoms with E-state index in [1.165, 1.54) is 12.1 Å². The Morgan fingerprint density at radius 1 is 1.42 bits per heavy atom. The highest BCUT2D eigenvalue weighted by atomic mass is 79.9. The number of halogens is 2. The normalized spacial score (nSPS) is 10.2. The van der Waals surface area contributed by atoms with Gasteiger partial charge in [-0.2, -0.15) is 0 Å². The predicted octanol–water partition coefficient (Wildman–Crippen LogP) is 2.78. The van der Waals surface area contributed by atoms with Crippen LogP contribution in [0.5, 0.6) is 0 Å². The standard InChI is InChI=1S/C9H10BrFO/c1-12-3-2-7-4-8(10)6-9(11)5-7/h4-6H,2-3H2,1H3. The summed E-state index contributed by atoms with van der Waals surface area (Å²) in [4.78, 5) is 0. The Labute approximate surface area is 79.7 Å². The average Bonchev–Trinajstić information content (AvgIpc) is 1.99. The van der Waals surface area contributed by atoms with E-state index in [1.54, 1.807) is 7.11 Å². The van der Waals surface area contributed by atoms with E-state index in [0.717, 1.165) is 16.5 Å². The first-order chi connectivity index (χ1) is 5.72. The summed E-state index contributed by atoms with van der Waals surface area (Å²) >= 11 is 3.22. The van der Waals surface area contributed by atoms with Crippen LogP contribution in [0.2, 0.25) is 0 Å². The van der Waals surface area contributed by atoms with Gasteiger partial charge in [0.2, 0.25) is 0 Å². The van der Waals surface area contributed by atoms with Crippen LogP contribution < -0.4 is 0 Å². The molecule has 12 heavy (non-hydrogen) atoms. The highest BCUT2D eigenvalue weighted by molar-refractivity contribution is 9.10. The zero-order valence-electron chi connectivity index (χ0n) is 6.81. The molecule has 0 aliphatic carbocycles. The maximum Gasteiger partial charge on any atom is 0.124 e. The monoisotopic (exact) mass is 232 g/mol. The van der Waals surface area contributed by atoms with E-state index in [2.05, 4.69) is 15.9 Å². The number of benzene rings is 1. The van der Waals surface area contributed by atoms with Gasteiger partial charge in [0.15, 0.2) is 0 Å². The zero-order chi connectivity index (χ0) is 8.97. The van der Waals surface area contributed by atoms with Crippen molar-refractivity contribution in [1.82, 2.24) is 0 Å². The summed E-state index contributed by atoms with van der Waals surface area (Å²) in [6, 6.07) is 4.85. The van der Waals surface area contributed by atoms with Gasteiger partial charge in [-0.1, -0.05) is 15.9 Å². The van der Waals surface area contributed by atoms with Crippen LogP contribution in [0.1, 0.15) is 5.56 Å². The predicted molar refractivity (Wildman–Crippen MR) is 49.7 cm³/mol. The first-order valence-corrected chi connectivity index (χ1v) is 4.45. The molecule has 0 saturated heterocycles. The molecule has 0 saturated carbocycles. The fourth-order valence-corrected chi connectivity index (χ4v) is 1.49. The van der Waals surface area contributed by atoms with Gasteiger partial charge in [-0.25, -0.2) is 4.39 Å². The van der Waals surface area contributed by atoms with Gasteiger partial charge in [-0.3, -0.25) is 0 Å². The van der Waals surface area contributed by atoms with Crippen LogP contribution in [-0.4, -0.2) is 13.7 Å². The van der Waals surface area contributed by atoms with Crippen LogP contribution in [0.15, 0.2) is 22.7 Å². The molecule has 0 N–H and O–H groups in total. The van der Waals surface area contributed by atoms with E-state index in [0.29, 0.717) is 6.61 Å². The SMILES string of the molecule is COCCc1cc(F)cc(Br)c1. The van der Waals surface area contributed by atoms with Gasteiger partial charge in [0.05, 0.1) is 6.61 Å². The smallest absolute Gasteiger partial charge is 0.124 e. The maximum atomic E-state index is 12.8. The second-order valence-corrected chi connectivity index (χ2v) is 3.44. The van der Waals surface area contributed by atoms with Crippen LogP contribution in [0.4, 0.5) is 4.39 Å². The quantitative estimate of drug-likeness (QED) is 0.779. The lowest BCUT2D eigenvalue weighted by molar-refractivity contribution is 0.202. The molecule has 0 radical (unpaired) electrons. The maximum absolute atomic E-state index is 12.8. The molecule has 0 aliphatic heterocycles. The summed E-state index contributed by atoms with van der Waals surface area (Å²) in [5, 5.41) is 0. The van der Waals surface area contributed by atoms with Crippen molar-refractivity contribution in [2.75, 3.05) is 13.7 Å². The molecule has 1 nitrogen and oxygen atoms in total. The first-order valence-electron chi connectivity index (χ1n) is 3.66. The summed E-state index contributed by atoms with van der Waals surface area (Å²) in [5.41, 5.74) is 0.948. The molecule has 0 fully saturated rings.